The number of aromatic nitrogens is 2. The van der Waals surface area contributed by atoms with Crippen molar-refractivity contribution in [3.05, 3.63) is 46.5 Å². The Morgan fingerprint density at radius 2 is 2.26 bits per heavy atom. The predicted octanol–water partition coefficient (Wildman–Crippen LogP) is 2.94. The van der Waals surface area contributed by atoms with Gasteiger partial charge in [-0.25, -0.2) is 4.39 Å². The lowest BCUT2D eigenvalue weighted by Crippen LogP contribution is -2.13. The molecule has 6 heteroatoms. The number of ether oxygens (including phenoxy) is 1. The highest BCUT2D eigenvalue weighted by atomic mass is 35.5. The maximum atomic E-state index is 13.8. The molecule has 0 bridgehead atoms. The summed E-state index contributed by atoms with van der Waals surface area (Å²) >= 11 is 5.67. The second-order valence-electron chi connectivity index (χ2n) is 3.83. The van der Waals surface area contributed by atoms with Gasteiger partial charge in [0.15, 0.2) is 11.4 Å². The number of nitrogens with zero attached hydrogens (tertiary/aromatic N) is 2. The average molecular weight is 283 g/mol. The van der Waals surface area contributed by atoms with Crippen LogP contribution in [0.4, 0.5) is 4.39 Å². The minimum absolute atomic E-state index is 0.0575. The zero-order valence-electron chi connectivity index (χ0n) is 10.5. The van der Waals surface area contributed by atoms with Crippen LogP contribution < -0.4 is 4.74 Å². The molecule has 0 saturated carbocycles. The van der Waals surface area contributed by atoms with E-state index in [4.69, 9.17) is 16.3 Å². The van der Waals surface area contributed by atoms with Crippen LogP contribution >= 0.6 is 11.6 Å². The molecule has 100 valence electrons. The molecule has 0 spiro atoms. The summed E-state index contributed by atoms with van der Waals surface area (Å²) in [5, 5.41) is 4.26. The fraction of sp³-hybridized carbons (Fsp3) is 0.231. The highest BCUT2D eigenvalue weighted by Gasteiger charge is 2.22. The predicted molar refractivity (Wildman–Crippen MR) is 69.3 cm³/mol. The van der Waals surface area contributed by atoms with E-state index >= 15 is 0 Å². The van der Waals surface area contributed by atoms with Gasteiger partial charge < -0.3 is 4.74 Å². The standard InChI is InChI=1S/C13H12ClFN2O2/c1-3-17-12(11(19-2)7-16-17)13(18)9-5-4-8(14)6-10(9)15/h4-7H,3H2,1-2H3. The quantitative estimate of drug-likeness (QED) is 0.810. The number of hydrogen-bond acceptors (Lipinski definition) is 3. The number of halogens is 2. The summed E-state index contributed by atoms with van der Waals surface area (Å²) in [4.78, 5) is 12.4. The van der Waals surface area contributed by atoms with E-state index in [-0.39, 0.29) is 16.3 Å². The highest BCUT2D eigenvalue weighted by Crippen LogP contribution is 2.24. The molecule has 1 aromatic heterocycles. The molecule has 0 aliphatic carbocycles. The molecule has 1 heterocycles. The molecular weight excluding hydrogens is 271 g/mol. The van der Waals surface area contributed by atoms with Crippen molar-refractivity contribution >= 4 is 17.4 Å². The molecule has 0 atom stereocenters. The zero-order chi connectivity index (χ0) is 14.0. The van der Waals surface area contributed by atoms with Crippen molar-refractivity contribution in [1.82, 2.24) is 9.78 Å². The maximum absolute atomic E-state index is 13.8. The van der Waals surface area contributed by atoms with Crippen LogP contribution in [0.2, 0.25) is 5.02 Å². The van der Waals surface area contributed by atoms with E-state index in [9.17, 15) is 9.18 Å². The Morgan fingerprint density at radius 3 is 2.84 bits per heavy atom. The van der Waals surface area contributed by atoms with Crippen LogP contribution in [-0.2, 0) is 6.54 Å². The molecular formula is C13H12ClFN2O2. The van der Waals surface area contributed by atoms with Crippen molar-refractivity contribution in [2.24, 2.45) is 0 Å². The van der Waals surface area contributed by atoms with Gasteiger partial charge in [-0.05, 0) is 25.1 Å². The first kappa shape index (κ1) is 13.5. The second-order valence-corrected chi connectivity index (χ2v) is 4.27. The first-order valence-electron chi connectivity index (χ1n) is 5.68. The summed E-state index contributed by atoms with van der Waals surface area (Å²) in [6.07, 6.45) is 1.44. The fourth-order valence-electron chi connectivity index (χ4n) is 1.79. The van der Waals surface area contributed by atoms with Crippen molar-refractivity contribution in [3.63, 3.8) is 0 Å². The number of carbonyl (C=O) groups excluding carboxylic acids is 1. The van der Waals surface area contributed by atoms with Gasteiger partial charge in [-0.1, -0.05) is 11.6 Å². The van der Waals surface area contributed by atoms with Crippen LogP contribution in [-0.4, -0.2) is 22.7 Å². The van der Waals surface area contributed by atoms with E-state index in [1.54, 1.807) is 0 Å². The Kier molecular flexibility index (Phi) is 3.85. The first-order chi connectivity index (χ1) is 9.08. The molecule has 0 radical (unpaired) electrons. The number of rotatable bonds is 4. The average Bonchev–Trinajstić information content (AvgIpc) is 2.80. The lowest BCUT2D eigenvalue weighted by Gasteiger charge is -2.07. The van der Waals surface area contributed by atoms with Crippen molar-refractivity contribution in [3.8, 4) is 5.75 Å². The van der Waals surface area contributed by atoms with Gasteiger partial charge in [0.25, 0.3) is 0 Å². The van der Waals surface area contributed by atoms with Crippen LogP contribution in [0.3, 0.4) is 0 Å². The van der Waals surface area contributed by atoms with Crippen LogP contribution in [0.1, 0.15) is 23.0 Å². The van der Waals surface area contributed by atoms with E-state index in [1.807, 2.05) is 6.92 Å². The number of benzene rings is 1. The summed E-state index contributed by atoms with van der Waals surface area (Å²) in [6, 6.07) is 3.93. The van der Waals surface area contributed by atoms with E-state index < -0.39 is 11.6 Å². The number of hydrogen-bond donors (Lipinski definition) is 0. The molecule has 0 aliphatic heterocycles. The summed E-state index contributed by atoms with van der Waals surface area (Å²) in [6.45, 7) is 2.32. The largest absolute Gasteiger partial charge is 0.493 e. The third-order valence-electron chi connectivity index (χ3n) is 2.72. The summed E-state index contributed by atoms with van der Waals surface area (Å²) in [5.74, 6) is -0.824. The van der Waals surface area contributed by atoms with Gasteiger partial charge in [-0.15, -0.1) is 0 Å². The van der Waals surface area contributed by atoms with Gasteiger partial charge in [0, 0.05) is 11.6 Å². The van der Waals surface area contributed by atoms with Gasteiger partial charge in [-0.2, -0.15) is 5.10 Å². The number of ketones is 1. The minimum Gasteiger partial charge on any atom is -0.493 e. The van der Waals surface area contributed by atoms with Crippen LogP contribution in [0.15, 0.2) is 24.4 Å². The van der Waals surface area contributed by atoms with Gasteiger partial charge in [-0.3, -0.25) is 9.48 Å². The molecule has 0 unspecified atom stereocenters. The smallest absolute Gasteiger partial charge is 0.217 e. The third-order valence-corrected chi connectivity index (χ3v) is 2.95. The van der Waals surface area contributed by atoms with E-state index in [1.165, 1.54) is 30.1 Å². The summed E-state index contributed by atoms with van der Waals surface area (Å²) in [7, 11) is 1.44. The highest BCUT2D eigenvalue weighted by molar-refractivity contribution is 6.30. The third kappa shape index (κ3) is 2.46. The molecule has 2 aromatic rings. The molecule has 0 saturated heterocycles. The van der Waals surface area contributed by atoms with Crippen molar-refractivity contribution < 1.29 is 13.9 Å². The van der Waals surface area contributed by atoms with Gasteiger partial charge >= 0.3 is 0 Å². The molecule has 1 aromatic carbocycles. The van der Waals surface area contributed by atoms with E-state index in [0.717, 1.165) is 6.07 Å². The summed E-state index contributed by atoms with van der Waals surface area (Å²) in [5.41, 5.74) is 0.170. The molecule has 19 heavy (non-hydrogen) atoms. The Labute approximate surface area is 114 Å². The van der Waals surface area contributed by atoms with E-state index in [0.29, 0.717) is 12.3 Å². The van der Waals surface area contributed by atoms with Crippen LogP contribution in [0.5, 0.6) is 5.75 Å². The molecule has 0 fully saturated rings. The Bertz CT molecular complexity index is 604. The molecule has 0 amide bonds. The fourth-order valence-corrected chi connectivity index (χ4v) is 1.95. The lowest BCUT2D eigenvalue weighted by molar-refractivity contribution is 0.102. The molecule has 0 aliphatic rings. The number of aryl methyl sites for hydroxylation is 1. The first-order valence-corrected chi connectivity index (χ1v) is 6.05. The van der Waals surface area contributed by atoms with E-state index in [2.05, 4.69) is 5.10 Å². The van der Waals surface area contributed by atoms with Crippen molar-refractivity contribution in [2.45, 2.75) is 13.5 Å². The number of methoxy groups -OCH3 is 1. The van der Waals surface area contributed by atoms with Crippen molar-refractivity contribution in [2.75, 3.05) is 7.11 Å². The monoisotopic (exact) mass is 282 g/mol. The zero-order valence-corrected chi connectivity index (χ0v) is 11.2. The number of carbonyl (C=O) groups is 1. The Morgan fingerprint density at radius 1 is 1.53 bits per heavy atom. The van der Waals surface area contributed by atoms with Gasteiger partial charge in [0.2, 0.25) is 5.78 Å². The Hall–Kier alpha value is -1.88. The molecule has 0 N–H and O–H groups in total. The van der Waals surface area contributed by atoms with Crippen LogP contribution in [0, 0.1) is 5.82 Å². The summed E-state index contributed by atoms with van der Waals surface area (Å²) < 4.78 is 20.3. The minimum atomic E-state index is -0.664. The van der Waals surface area contributed by atoms with Crippen molar-refractivity contribution in [1.29, 1.82) is 0 Å². The Balaban J connectivity index is 2.52. The topological polar surface area (TPSA) is 44.1 Å². The second kappa shape index (κ2) is 5.40. The normalized spacial score (nSPS) is 10.5. The van der Waals surface area contributed by atoms with Gasteiger partial charge in [0.1, 0.15) is 5.82 Å². The maximum Gasteiger partial charge on any atom is 0.217 e. The molecule has 2 rings (SSSR count). The SMILES string of the molecule is CCn1ncc(OC)c1C(=O)c1ccc(Cl)cc1F. The van der Waals surface area contributed by atoms with Crippen LogP contribution in [0.25, 0.3) is 0 Å². The molecule has 4 nitrogen and oxygen atoms in total. The lowest BCUT2D eigenvalue weighted by atomic mass is 10.1. The van der Waals surface area contributed by atoms with Gasteiger partial charge in [0.05, 0.1) is 18.9 Å².